The first-order valence-corrected chi connectivity index (χ1v) is 27.1. The molecular formula is C57H48Au2P2Si+2. The summed E-state index contributed by atoms with van der Waals surface area (Å²) in [4.78, 5) is 0. The fourth-order valence-corrected chi connectivity index (χ4v) is 18.0. The van der Waals surface area contributed by atoms with E-state index in [-0.39, 0.29) is 44.8 Å². The Kier molecular flexibility index (Phi) is 16.8. The Morgan fingerprint density at radius 1 is 0.403 bits per heavy atom. The maximum atomic E-state index is 7.26. The Balaban J connectivity index is 0.000000162. The molecule has 62 heavy (non-hydrogen) atoms. The van der Waals surface area contributed by atoms with Gasteiger partial charge in [0, 0.05) is 0 Å². The number of rotatable bonds is 7. The third kappa shape index (κ3) is 10.6. The van der Waals surface area contributed by atoms with E-state index in [0.717, 1.165) is 17.5 Å². The fraction of sp³-hybridized carbons (Fsp3) is 0.0877. The number of hydrogen-bond acceptors (Lipinski definition) is 0. The van der Waals surface area contributed by atoms with E-state index in [2.05, 4.69) is 219 Å². The van der Waals surface area contributed by atoms with Crippen molar-refractivity contribution in [2.24, 2.45) is 0 Å². The quantitative estimate of drug-likeness (QED) is 0.0646. The smallest absolute Gasteiger partial charge is 0.366 e. The van der Waals surface area contributed by atoms with E-state index in [1.165, 1.54) is 77.3 Å². The van der Waals surface area contributed by atoms with Crippen LogP contribution in [0.1, 0.15) is 22.3 Å². The largest absolute Gasteiger partial charge is 1.00 e. The third-order valence-electron chi connectivity index (χ3n) is 11.8. The molecular weight excluding hydrogens is 1170 g/mol. The Morgan fingerprint density at radius 3 is 1.26 bits per heavy atom. The zero-order valence-corrected chi connectivity index (χ0v) is 42.2. The Hall–Kier alpha value is -4.56. The van der Waals surface area contributed by atoms with Crippen LogP contribution in [0.15, 0.2) is 206 Å². The Morgan fingerprint density at radius 2 is 0.774 bits per heavy atom. The molecule has 10 rings (SSSR count). The average molecular weight is 1220 g/mol. The minimum Gasteiger partial charge on any atom is -0.366 e. The molecule has 0 fully saturated rings. The minimum absolute atomic E-state index is 0. The molecule has 0 N–H and O–H groups in total. The van der Waals surface area contributed by atoms with Crippen LogP contribution >= 0.6 is 15.8 Å². The van der Waals surface area contributed by atoms with Crippen molar-refractivity contribution in [2.75, 3.05) is 12.3 Å². The summed E-state index contributed by atoms with van der Waals surface area (Å²) in [6.07, 6.45) is 17.9. The van der Waals surface area contributed by atoms with Crippen molar-refractivity contribution in [3.63, 3.8) is 0 Å². The fourth-order valence-electron chi connectivity index (χ4n) is 8.72. The van der Waals surface area contributed by atoms with Gasteiger partial charge in [-0.1, -0.05) is 157 Å². The van der Waals surface area contributed by atoms with Gasteiger partial charge in [0.2, 0.25) is 0 Å². The molecule has 0 unspecified atom stereocenters. The van der Waals surface area contributed by atoms with Gasteiger partial charge >= 0.3 is 44.8 Å². The van der Waals surface area contributed by atoms with Crippen LogP contribution in [0, 0.1) is 24.7 Å². The monoisotopic (exact) mass is 1220 g/mol. The second-order valence-electron chi connectivity index (χ2n) is 15.8. The summed E-state index contributed by atoms with van der Waals surface area (Å²) in [6, 6.07) is 74.1. The molecule has 0 nitrogen and oxygen atoms in total. The van der Waals surface area contributed by atoms with E-state index in [0.29, 0.717) is 0 Å². The van der Waals surface area contributed by atoms with Gasteiger partial charge in [-0.05, 0) is 88.0 Å². The molecule has 5 heteroatoms. The molecule has 1 aliphatic heterocycles. The van der Waals surface area contributed by atoms with Crippen molar-refractivity contribution in [3.05, 3.63) is 241 Å². The van der Waals surface area contributed by atoms with E-state index >= 15 is 0 Å². The van der Waals surface area contributed by atoms with Crippen LogP contribution in [0.5, 0.6) is 0 Å². The first-order chi connectivity index (χ1) is 29.4. The summed E-state index contributed by atoms with van der Waals surface area (Å²) < 4.78 is 0. The normalized spacial score (nSPS) is 11.9. The summed E-state index contributed by atoms with van der Waals surface area (Å²) in [7, 11) is -3.12. The van der Waals surface area contributed by atoms with Crippen molar-refractivity contribution in [3.8, 4) is 34.1 Å². The molecule has 1 aliphatic carbocycles. The molecule has 0 atom stereocenters. The molecule has 8 aromatic rings. The van der Waals surface area contributed by atoms with Gasteiger partial charge < -0.3 is 12.8 Å². The predicted molar refractivity (Wildman–Crippen MR) is 266 cm³/mol. The summed E-state index contributed by atoms with van der Waals surface area (Å²) in [5, 5.41) is 9.01. The van der Waals surface area contributed by atoms with Crippen molar-refractivity contribution in [2.45, 2.75) is 19.5 Å². The zero-order chi connectivity index (χ0) is 41.3. The molecule has 310 valence electrons. The minimum atomic E-state index is -1.55. The van der Waals surface area contributed by atoms with Gasteiger partial charge in [0.25, 0.3) is 0 Å². The van der Waals surface area contributed by atoms with E-state index in [1.54, 1.807) is 0 Å². The molecule has 2 aliphatic rings. The summed E-state index contributed by atoms with van der Waals surface area (Å²) in [6.45, 7) is 4.76. The second kappa shape index (κ2) is 22.2. The SMILES string of the molecule is [Au+].[Au+].[C-]#Cc1ccc2c(c1)Cc1ccccc1-2.[C-]#Cc1ccc2c(c1)[Si](C)(C)c1ccccc1-2.c1ccc([PH+](CC[PH+](c2ccccc2)c2ccccc2)c2ccccc2)cc1. The van der Waals surface area contributed by atoms with E-state index in [1.807, 2.05) is 12.1 Å². The van der Waals surface area contributed by atoms with Gasteiger partial charge in [0.05, 0.1) is 37.1 Å². The number of benzene rings is 8. The Labute approximate surface area is 404 Å². The number of hydrogen-bond donors (Lipinski definition) is 0. The first-order valence-electron chi connectivity index (χ1n) is 20.7. The summed E-state index contributed by atoms with van der Waals surface area (Å²) >= 11 is 0. The van der Waals surface area contributed by atoms with Crippen molar-refractivity contribution in [1.82, 2.24) is 0 Å². The molecule has 0 saturated heterocycles. The van der Waals surface area contributed by atoms with Gasteiger partial charge in [0.15, 0.2) is 0 Å². The van der Waals surface area contributed by atoms with E-state index in [4.69, 9.17) is 12.8 Å². The van der Waals surface area contributed by atoms with Crippen LogP contribution in [0.4, 0.5) is 0 Å². The van der Waals surface area contributed by atoms with Crippen molar-refractivity contribution in [1.29, 1.82) is 0 Å². The standard InChI is InChI=1S/C26H24P2.C16H13Si.C15H9.2Au/c1-5-13-23(14-6-1)27(24-15-7-2-8-16-24)21-22-28(25-17-9-3-10-18-25)26-19-11-4-12-20-26;1-4-12-9-10-14-13-7-5-6-8-15(13)17(2,3)16(14)11-12;1-2-11-7-8-15-13(9-11)10-12-5-3-4-6-14(12)15;;/h1-20H,21-22H2;5-11H,2-3H3;3-9H,10H2;;/q;2*-1;2*+1/p+2. The van der Waals surface area contributed by atoms with Gasteiger partial charge in [-0.25, -0.2) is 0 Å². The van der Waals surface area contributed by atoms with Crippen LogP contribution in [-0.4, -0.2) is 20.4 Å². The maximum Gasteiger partial charge on any atom is 1.00 e. The third-order valence-corrected chi connectivity index (χ3v) is 21.4. The Bertz CT molecular complexity index is 2630. The summed E-state index contributed by atoms with van der Waals surface area (Å²) in [5.74, 6) is 4.93. The molecule has 0 aromatic heterocycles. The predicted octanol–water partition coefficient (Wildman–Crippen LogP) is 10.3. The maximum absolute atomic E-state index is 7.26. The topological polar surface area (TPSA) is 0 Å². The van der Waals surface area contributed by atoms with Crippen LogP contribution in [0.3, 0.4) is 0 Å². The van der Waals surface area contributed by atoms with E-state index in [9.17, 15) is 0 Å². The van der Waals surface area contributed by atoms with Crippen LogP contribution in [0.2, 0.25) is 13.1 Å². The molecule has 0 amide bonds. The summed E-state index contributed by atoms with van der Waals surface area (Å²) in [5.41, 5.74) is 9.84. The van der Waals surface area contributed by atoms with Crippen LogP contribution in [-0.2, 0) is 51.2 Å². The molecule has 1 heterocycles. The van der Waals surface area contributed by atoms with Crippen LogP contribution < -0.4 is 31.6 Å². The molecule has 0 spiro atoms. The van der Waals surface area contributed by atoms with Gasteiger partial charge in [-0.3, -0.25) is 11.8 Å². The first kappa shape index (κ1) is 46.9. The molecule has 0 radical (unpaired) electrons. The van der Waals surface area contributed by atoms with Crippen molar-refractivity contribution < 1.29 is 44.8 Å². The van der Waals surface area contributed by atoms with Gasteiger partial charge in [0.1, 0.15) is 20.4 Å². The molecule has 8 aromatic carbocycles. The average Bonchev–Trinajstić information content (AvgIpc) is 3.80. The second-order valence-corrected chi connectivity index (χ2v) is 25.4. The molecule has 0 bridgehead atoms. The zero-order valence-electron chi connectivity index (χ0n) is 34.9. The van der Waals surface area contributed by atoms with Gasteiger partial charge in [-0.2, -0.15) is 0 Å². The molecule has 0 saturated carbocycles. The van der Waals surface area contributed by atoms with E-state index < -0.39 is 23.9 Å². The number of fused-ring (bicyclic) bond motifs is 6. The van der Waals surface area contributed by atoms with Crippen LogP contribution in [0.25, 0.3) is 22.3 Å². The van der Waals surface area contributed by atoms with Gasteiger partial charge in [-0.15, -0.1) is 35.4 Å². The van der Waals surface area contributed by atoms with Crippen molar-refractivity contribution >= 4 is 55.5 Å².